The molecule has 3 aromatic carbocycles. The van der Waals surface area contributed by atoms with Gasteiger partial charge in [-0.15, -0.1) is 6.58 Å². The number of fused-ring (bicyclic) bond motifs is 3. The van der Waals surface area contributed by atoms with E-state index < -0.39 is 5.97 Å². The number of aryl methyl sites for hydroxylation is 2. The summed E-state index contributed by atoms with van der Waals surface area (Å²) >= 11 is 0. The fraction of sp³-hybridized carbons (Fsp3) is 0.125. The van der Waals surface area contributed by atoms with E-state index in [-0.39, 0.29) is 5.56 Å². The number of hydrogen-bond donors (Lipinski definition) is 1. The molecular formula is C32H27N3O2. The number of aromatic nitrogens is 3. The first-order chi connectivity index (χ1) is 18.1. The van der Waals surface area contributed by atoms with Gasteiger partial charge in [0.15, 0.2) is 0 Å². The van der Waals surface area contributed by atoms with Crippen molar-refractivity contribution in [2.75, 3.05) is 0 Å². The number of hydrogen-bond acceptors (Lipinski definition) is 2. The van der Waals surface area contributed by atoms with Crippen molar-refractivity contribution in [3.8, 4) is 11.3 Å². The van der Waals surface area contributed by atoms with Crippen molar-refractivity contribution < 1.29 is 9.90 Å². The number of aromatic carboxylic acids is 1. The third-order valence-electron chi connectivity index (χ3n) is 7.15. The minimum absolute atomic E-state index is 0.285. The summed E-state index contributed by atoms with van der Waals surface area (Å²) in [6.07, 6.45) is 7.68. The number of benzene rings is 3. The fourth-order valence-corrected chi connectivity index (χ4v) is 5.49. The Kier molecular flexibility index (Phi) is 5.61. The maximum atomic E-state index is 12.6. The van der Waals surface area contributed by atoms with Crippen LogP contribution >= 0.6 is 0 Å². The molecule has 0 aliphatic heterocycles. The number of carboxylic acids is 1. The standard InChI is InChI=1S/C32H27N3O2/c1-3-4-17-34-20-23(29-21(2)10-9-13-26(29)34)19-27-31(33-28-14-7-8-18-35(27)28)25-16-15-22-11-5-6-12-24(22)30(25)32(36)37/h3,5-16,18,20H,1,4,17,19H2,2H3,(H,36,37). The topological polar surface area (TPSA) is 59.5 Å². The Bertz CT molecular complexity index is 1820. The smallest absolute Gasteiger partial charge is 0.337 e. The van der Waals surface area contributed by atoms with Crippen LogP contribution in [-0.4, -0.2) is 25.0 Å². The van der Waals surface area contributed by atoms with Gasteiger partial charge in [0.25, 0.3) is 0 Å². The van der Waals surface area contributed by atoms with Crippen LogP contribution in [0.5, 0.6) is 0 Å². The van der Waals surface area contributed by atoms with Crippen LogP contribution in [0.1, 0.15) is 33.6 Å². The highest BCUT2D eigenvalue weighted by Gasteiger charge is 2.23. The van der Waals surface area contributed by atoms with Crippen molar-refractivity contribution in [1.29, 1.82) is 0 Å². The van der Waals surface area contributed by atoms with Gasteiger partial charge in [-0.3, -0.25) is 0 Å². The Morgan fingerprint density at radius 2 is 1.86 bits per heavy atom. The van der Waals surface area contributed by atoms with E-state index in [2.05, 4.69) is 46.9 Å². The summed E-state index contributed by atoms with van der Waals surface area (Å²) in [6.45, 7) is 6.89. The van der Waals surface area contributed by atoms with Gasteiger partial charge in [-0.05, 0) is 53.4 Å². The number of allylic oxidation sites excluding steroid dienone is 1. The summed E-state index contributed by atoms with van der Waals surface area (Å²) in [5, 5.41) is 13.1. The third kappa shape index (κ3) is 3.80. The summed E-state index contributed by atoms with van der Waals surface area (Å²) < 4.78 is 4.38. The first kappa shape index (κ1) is 22.8. The molecule has 3 aromatic heterocycles. The molecule has 3 heterocycles. The van der Waals surface area contributed by atoms with Gasteiger partial charge in [-0.1, -0.05) is 60.7 Å². The molecule has 0 atom stereocenters. The Balaban J connectivity index is 1.60. The molecule has 182 valence electrons. The molecule has 1 N–H and O–H groups in total. The molecule has 0 radical (unpaired) electrons. The minimum atomic E-state index is -0.952. The lowest BCUT2D eigenvalue weighted by Gasteiger charge is -2.11. The molecule has 0 saturated heterocycles. The van der Waals surface area contributed by atoms with Crippen molar-refractivity contribution in [1.82, 2.24) is 14.0 Å². The van der Waals surface area contributed by atoms with Crippen molar-refractivity contribution in [3.63, 3.8) is 0 Å². The monoisotopic (exact) mass is 485 g/mol. The molecule has 0 amide bonds. The number of imidazole rings is 1. The summed E-state index contributed by atoms with van der Waals surface area (Å²) in [6, 6.07) is 23.8. The molecule has 37 heavy (non-hydrogen) atoms. The van der Waals surface area contributed by atoms with Gasteiger partial charge in [0.2, 0.25) is 0 Å². The van der Waals surface area contributed by atoms with Gasteiger partial charge in [-0.25, -0.2) is 9.78 Å². The lowest BCUT2D eigenvalue weighted by atomic mass is 9.94. The van der Waals surface area contributed by atoms with Crippen LogP contribution in [-0.2, 0) is 13.0 Å². The maximum Gasteiger partial charge on any atom is 0.337 e. The zero-order valence-corrected chi connectivity index (χ0v) is 20.7. The van der Waals surface area contributed by atoms with Crippen LogP contribution in [0, 0.1) is 6.92 Å². The maximum absolute atomic E-state index is 12.6. The Morgan fingerprint density at radius 3 is 2.70 bits per heavy atom. The highest BCUT2D eigenvalue weighted by molar-refractivity contribution is 6.09. The van der Waals surface area contributed by atoms with E-state index in [0.29, 0.717) is 23.1 Å². The van der Waals surface area contributed by atoms with E-state index in [1.165, 1.54) is 22.0 Å². The molecule has 0 fully saturated rings. The zero-order valence-electron chi connectivity index (χ0n) is 20.7. The number of pyridine rings is 1. The number of nitrogens with zero attached hydrogens (tertiary/aromatic N) is 3. The third-order valence-corrected chi connectivity index (χ3v) is 7.15. The molecular weight excluding hydrogens is 458 g/mol. The van der Waals surface area contributed by atoms with Crippen molar-refractivity contribution >= 4 is 33.3 Å². The van der Waals surface area contributed by atoms with Crippen LogP contribution in [0.2, 0.25) is 0 Å². The van der Waals surface area contributed by atoms with Gasteiger partial charge >= 0.3 is 5.97 Å². The number of rotatable bonds is 7. The number of carboxylic acid groups (broad SMARTS) is 1. The highest BCUT2D eigenvalue weighted by Crippen LogP contribution is 2.35. The summed E-state index contributed by atoms with van der Waals surface area (Å²) in [7, 11) is 0. The second-order valence-corrected chi connectivity index (χ2v) is 9.42. The largest absolute Gasteiger partial charge is 0.478 e. The van der Waals surface area contributed by atoms with Gasteiger partial charge in [0, 0.05) is 41.8 Å². The van der Waals surface area contributed by atoms with Gasteiger partial charge in [-0.2, -0.15) is 0 Å². The van der Waals surface area contributed by atoms with Crippen molar-refractivity contribution in [3.05, 3.63) is 120 Å². The second-order valence-electron chi connectivity index (χ2n) is 9.42. The van der Waals surface area contributed by atoms with Crippen molar-refractivity contribution in [2.45, 2.75) is 26.3 Å². The van der Waals surface area contributed by atoms with Gasteiger partial charge in [0.1, 0.15) is 5.65 Å². The quantitative estimate of drug-likeness (QED) is 0.242. The molecule has 0 unspecified atom stereocenters. The summed E-state index contributed by atoms with van der Waals surface area (Å²) in [5.74, 6) is -0.952. The van der Waals surface area contributed by atoms with Crippen molar-refractivity contribution in [2.24, 2.45) is 0 Å². The average molecular weight is 486 g/mol. The van der Waals surface area contributed by atoms with Crippen LogP contribution < -0.4 is 0 Å². The van der Waals surface area contributed by atoms with Crippen LogP contribution in [0.15, 0.2) is 97.8 Å². The lowest BCUT2D eigenvalue weighted by molar-refractivity contribution is 0.0700. The predicted octanol–water partition coefficient (Wildman–Crippen LogP) is 7.28. The molecule has 0 saturated carbocycles. The fourth-order valence-electron chi connectivity index (χ4n) is 5.49. The molecule has 0 aliphatic rings. The highest BCUT2D eigenvalue weighted by atomic mass is 16.4. The lowest BCUT2D eigenvalue weighted by Crippen LogP contribution is -2.03. The normalized spacial score (nSPS) is 11.5. The summed E-state index contributed by atoms with van der Waals surface area (Å²) in [4.78, 5) is 17.5. The Hall–Kier alpha value is -4.64. The van der Waals surface area contributed by atoms with E-state index in [0.717, 1.165) is 29.7 Å². The molecule has 5 heteroatoms. The molecule has 0 bridgehead atoms. The van der Waals surface area contributed by atoms with E-state index in [1.54, 1.807) is 0 Å². The Morgan fingerprint density at radius 1 is 1.03 bits per heavy atom. The van der Waals surface area contributed by atoms with Crippen LogP contribution in [0.4, 0.5) is 0 Å². The average Bonchev–Trinajstić information content (AvgIpc) is 3.46. The van der Waals surface area contributed by atoms with E-state index in [4.69, 9.17) is 4.98 Å². The molecule has 6 rings (SSSR count). The van der Waals surface area contributed by atoms with E-state index >= 15 is 0 Å². The first-order valence-electron chi connectivity index (χ1n) is 12.5. The van der Waals surface area contributed by atoms with Gasteiger partial charge in [0.05, 0.1) is 17.0 Å². The van der Waals surface area contributed by atoms with Crippen LogP contribution in [0.3, 0.4) is 0 Å². The minimum Gasteiger partial charge on any atom is -0.478 e. The van der Waals surface area contributed by atoms with Crippen LogP contribution in [0.25, 0.3) is 38.6 Å². The molecule has 0 aliphatic carbocycles. The first-order valence-corrected chi connectivity index (χ1v) is 12.5. The van der Waals surface area contributed by atoms with E-state index in [1.807, 2.05) is 66.9 Å². The molecule has 5 nitrogen and oxygen atoms in total. The predicted molar refractivity (Wildman–Crippen MR) is 149 cm³/mol. The SMILES string of the molecule is C=CCCn1cc(Cc2c(-c3ccc4ccccc4c3C(=O)O)nc3ccccn23)c2c(C)cccc21. The van der Waals surface area contributed by atoms with Gasteiger partial charge < -0.3 is 14.1 Å². The second kappa shape index (κ2) is 9.10. The summed E-state index contributed by atoms with van der Waals surface area (Å²) in [5.41, 5.74) is 7.01. The number of carbonyl (C=O) groups is 1. The van der Waals surface area contributed by atoms with E-state index in [9.17, 15) is 9.90 Å². The molecule has 0 spiro atoms. The zero-order chi connectivity index (χ0) is 25.5. The molecule has 6 aromatic rings. The Labute approximate surface area is 214 Å².